The summed E-state index contributed by atoms with van der Waals surface area (Å²) >= 11 is 0. The van der Waals surface area contributed by atoms with E-state index in [9.17, 15) is 9.59 Å². The number of ether oxygens (including phenoxy) is 2. The standard InChI is InChI=1S/C28H30N2O4/c1-29-21-18-20(16-13-9-6-10-14-16)28(26(32)34-4)22(29)17-19(15-11-7-5-8-12-15)27(21,25(31)33-3)23(18)30(2)24(17)28/h5-14,17-24H,1-4H3/t17?,18?,19-,20-,21?,22?,23?,24?,27?,28?/m0/s1. The van der Waals surface area contributed by atoms with Crippen LogP contribution in [-0.4, -0.2) is 74.2 Å². The quantitative estimate of drug-likeness (QED) is 0.657. The van der Waals surface area contributed by atoms with E-state index in [2.05, 4.69) is 72.4 Å². The van der Waals surface area contributed by atoms with Gasteiger partial charge in [0.05, 0.1) is 14.2 Å². The van der Waals surface area contributed by atoms with Crippen molar-refractivity contribution in [1.82, 2.24) is 9.80 Å². The lowest BCUT2D eigenvalue weighted by Gasteiger charge is -2.90. The van der Waals surface area contributed by atoms with Crippen molar-refractivity contribution in [3.05, 3.63) is 71.8 Å². The highest BCUT2D eigenvalue weighted by molar-refractivity contribution is 5.89. The largest absolute Gasteiger partial charge is 0.468 e. The third-order valence-corrected chi connectivity index (χ3v) is 10.4. The number of carbonyl (C=O) groups excluding carboxylic acids is 2. The van der Waals surface area contributed by atoms with Crippen LogP contribution in [0.3, 0.4) is 0 Å². The topological polar surface area (TPSA) is 59.1 Å². The zero-order chi connectivity index (χ0) is 23.6. The van der Waals surface area contributed by atoms with Gasteiger partial charge in [-0.15, -0.1) is 0 Å². The summed E-state index contributed by atoms with van der Waals surface area (Å²) in [6, 6.07) is 20.9. The van der Waals surface area contributed by atoms with E-state index in [1.165, 1.54) is 25.3 Å². The molecule has 0 aromatic heterocycles. The molecule has 6 atom stereocenters. The van der Waals surface area contributed by atoms with Gasteiger partial charge in [-0.2, -0.15) is 0 Å². The van der Waals surface area contributed by atoms with Crippen LogP contribution in [0.2, 0.25) is 0 Å². The van der Waals surface area contributed by atoms with Gasteiger partial charge in [-0.1, -0.05) is 60.7 Å². The first-order valence-corrected chi connectivity index (χ1v) is 12.2. The number of piperidine rings is 4. The van der Waals surface area contributed by atoms with Gasteiger partial charge in [0.2, 0.25) is 0 Å². The van der Waals surface area contributed by atoms with Gasteiger partial charge in [0.25, 0.3) is 0 Å². The molecule has 6 fully saturated rings. The van der Waals surface area contributed by atoms with Crippen LogP contribution in [0.15, 0.2) is 60.7 Å². The molecular weight excluding hydrogens is 428 g/mol. The maximum absolute atomic E-state index is 13.8. The number of benzene rings is 2. The Bertz CT molecular complexity index is 1070. The zero-order valence-electron chi connectivity index (χ0n) is 19.9. The molecule has 2 aromatic carbocycles. The summed E-state index contributed by atoms with van der Waals surface area (Å²) in [7, 11) is 7.27. The Morgan fingerprint density at radius 3 is 1.26 bits per heavy atom. The molecule has 6 aliphatic rings. The molecule has 2 aromatic rings. The van der Waals surface area contributed by atoms with Gasteiger partial charge in [-0.3, -0.25) is 19.4 Å². The number of carbonyl (C=O) groups is 2. The van der Waals surface area contributed by atoms with Crippen molar-refractivity contribution in [3.8, 4) is 0 Å². The summed E-state index contributed by atoms with van der Waals surface area (Å²) in [5.74, 6) is 0.0692. The van der Waals surface area contributed by atoms with Gasteiger partial charge in [0.15, 0.2) is 0 Å². The molecule has 0 spiro atoms. The van der Waals surface area contributed by atoms with E-state index in [1.54, 1.807) is 0 Å². The normalized spacial score (nSPS) is 45.3. The maximum atomic E-state index is 13.8. The zero-order valence-corrected chi connectivity index (χ0v) is 19.9. The van der Waals surface area contributed by atoms with Crippen molar-refractivity contribution in [1.29, 1.82) is 0 Å². The van der Waals surface area contributed by atoms with Crippen LogP contribution in [0, 0.1) is 22.7 Å². The summed E-state index contributed by atoms with van der Waals surface area (Å²) in [4.78, 5) is 32.4. The third-order valence-electron chi connectivity index (χ3n) is 10.4. The number of methoxy groups -OCH3 is 2. The van der Waals surface area contributed by atoms with E-state index in [0.29, 0.717) is 0 Å². The van der Waals surface area contributed by atoms with Gasteiger partial charge < -0.3 is 9.47 Å². The highest BCUT2D eigenvalue weighted by Crippen LogP contribution is 2.84. The van der Waals surface area contributed by atoms with Crippen molar-refractivity contribution < 1.29 is 19.1 Å². The molecule has 4 saturated heterocycles. The third kappa shape index (κ3) is 1.83. The van der Waals surface area contributed by atoms with Crippen LogP contribution in [0.5, 0.6) is 0 Å². The van der Waals surface area contributed by atoms with Crippen LogP contribution < -0.4 is 0 Å². The van der Waals surface area contributed by atoms with Crippen molar-refractivity contribution in [3.63, 3.8) is 0 Å². The summed E-state index contributed by atoms with van der Waals surface area (Å²) in [5, 5.41) is 0. The van der Waals surface area contributed by atoms with Gasteiger partial charge in [0.1, 0.15) is 10.8 Å². The first-order valence-electron chi connectivity index (χ1n) is 12.2. The Hall–Kier alpha value is -2.70. The lowest BCUT2D eigenvalue weighted by molar-refractivity contribution is -0.392. The van der Waals surface area contributed by atoms with E-state index >= 15 is 0 Å². The van der Waals surface area contributed by atoms with E-state index < -0.39 is 10.8 Å². The Morgan fingerprint density at radius 2 is 0.971 bits per heavy atom. The summed E-state index contributed by atoms with van der Waals surface area (Å²) in [6.45, 7) is 0. The number of esters is 2. The van der Waals surface area contributed by atoms with Gasteiger partial charge >= 0.3 is 11.9 Å². The number of hydrogen-bond donors (Lipinski definition) is 0. The van der Waals surface area contributed by atoms with E-state index in [1.807, 2.05) is 12.1 Å². The van der Waals surface area contributed by atoms with E-state index in [0.717, 1.165) is 0 Å². The van der Waals surface area contributed by atoms with Crippen LogP contribution in [0.4, 0.5) is 0 Å². The number of hydrogen-bond acceptors (Lipinski definition) is 6. The van der Waals surface area contributed by atoms with Gasteiger partial charge in [0, 0.05) is 47.8 Å². The second kappa shape index (κ2) is 6.49. The highest BCUT2D eigenvalue weighted by atomic mass is 16.5. The monoisotopic (exact) mass is 458 g/mol. The summed E-state index contributed by atoms with van der Waals surface area (Å²) < 4.78 is 11.2. The fourth-order valence-electron chi connectivity index (χ4n) is 10.0. The molecule has 0 amide bonds. The first kappa shape index (κ1) is 20.7. The molecule has 8 rings (SSSR count). The molecule has 6 heteroatoms. The predicted molar refractivity (Wildman–Crippen MR) is 125 cm³/mol. The minimum absolute atomic E-state index is 0.00286. The SMILES string of the molecule is COC(=O)C12C3C4C1N(C)C1C(C(N3C)C1(C(=O)OC)[C@H]4c1ccccc1)[C@@H]2c1ccccc1. The summed E-state index contributed by atoms with van der Waals surface area (Å²) in [6.07, 6.45) is 0. The number of nitrogens with zero attached hydrogens (tertiary/aromatic N) is 2. The van der Waals surface area contributed by atoms with Crippen LogP contribution in [-0.2, 0) is 19.1 Å². The van der Waals surface area contributed by atoms with Crippen molar-refractivity contribution >= 4 is 11.9 Å². The minimum atomic E-state index is -0.655. The van der Waals surface area contributed by atoms with E-state index in [-0.39, 0.29) is 59.8 Å². The van der Waals surface area contributed by atoms with Crippen LogP contribution in [0.1, 0.15) is 23.0 Å². The molecule has 4 unspecified atom stereocenters. The fourth-order valence-corrected chi connectivity index (χ4v) is 10.0. The Kier molecular flexibility index (Phi) is 3.94. The predicted octanol–water partition coefficient (Wildman–Crippen LogP) is 2.51. The lowest BCUT2D eigenvalue weighted by atomic mass is 9.23. The molecule has 34 heavy (non-hydrogen) atoms. The molecule has 6 nitrogen and oxygen atoms in total. The molecular formula is C28H30N2O4. The molecule has 176 valence electrons. The van der Waals surface area contributed by atoms with Crippen molar-refractivity contribution in [2.45, 2.75) is 36.0 Å². The molecule has 0 radical (unpaired) electrons. The van der Waals surface area contributed by atoms with Gasteiger partial charge in [-0.05, 0) is 25.2 Å². The Morgan fingerprint density at radius 1 is 0.647 bits per heavy atom. The highest BCUT2D eigenvalue weighted by Gasteiger charge is 2.94. The van der Waals surface area contributed by atoms with Crippen LogP contribution in [0.25, 0.3) is 0 Å². The maximum Gasteiger partial charge on any atom is 0.315 e. The average molecular weight is 459 g/mol. The molecule has 2 aliphatic carbocycles. The second-order valence-corrected chi connectivity index (χ2v) is 10.9. The molecule has 0 N–H and O–H groups in total. The molecule has 4 heterocycles. The molecule has 2 saturated carbocycles. The first-order chi connectivity index (χ1) is 16.5. The Balaban J connectivity index is 1.52. The fraction of sp³-hybridized carbons (Fsp3) is 0.500. The molecule has 4 aliphatic heterocycles. The lowest BCUT2D eigenvalue weighted by Crippen LogP contribution is -3.01. The smallest absolute Gasteiger partial charge is 0.315 e. The number of rotatable bonds is 4. The van der Waals surface area contributed by atoms with Crippen molar-refractivity contribution in [2.24, 2.45) is 22.7 Å². The average Bonchev–Trinajstić information content (AvgIpc) is 2.82. The minimum Gasteiger partial charge on any atom is -0.468 e. The Labute approximate surface area is 199 Å². The van der Waals surface area contributed by atoms with Gasteiger partial charge in [-0.25, -0.2) is 0 Å². The van der Waals surface area contributed by atoms with Crippen molar-refractivity contribution in [2.75, 3.05) is 28.3 Å². The molecule has 8 bridgehead atoms. The summed E-state index contributed by atoms with van der Waals surface area (Å²) in [5.41, 5.74) is 1.05. The van der Waals surface area contributed by atoms with E-state index in [4.69, 9.17) is 9.47 Å². The second-order valence-electron chi connectivity index (χ2n) is 10.9. The van der Waals surface area contributed by atoms with Crippen LogP contribution >= 0.6 is 0 Å².